The molecule has 0 unspecified atom stereocenters. The molecule has 0 atom stereocenters. The van der Waals surface area contributed by atoms with E-state index in [1.165, 1.54) is 0 Å². The Morgan fingerprint density at radius 3 is 2.82 bits per heavy atom. The van der Waals surface area contributed by atoms with E-state index in [0.717, 1.165) is 34.2 Å². The van der Waals surface area contributed by atoms with Gasteiger partial charge in [-0.15, -0.1) is 11.3 Å². The molecule has 2 aromatic rings. The minimum absolute atomic E-state index is 0.619. The van der Waals surface area contributed by atoms with Crippen LogP contribution in [0.2, 0.25) is 0 Å². The monoisotopic (exact) mass is 247 g/mol. The van der Waals surface area contributed by atoms with Crippen molar-refractivity contribution in [1.29, 1.82) is 0 Å². The number of fused-ring (bicyclic) bond motifs is 1. The van der Waals surface area contributed by atoms with Crippen LogP contribution < -0.4 is 9.47 Å². The van der Waals surface area contributed by atoms with Crippen molar-refractivity contribution in [3.63, 3.8) is 0 Å². The van der Waals surface area contributed by atoms with Gasteiger partial charge in [-0.1, -0.05) is 6.92 Å². The van der Waals surface area contributed by atoms with Crippen LogP contribution in [0.4, 0.5) is 0 Å². The van der Waals surface area contributed by atoms with Crippen molar-refractivity contribution in [2.45, 2.75) is 13.3 Å². The van der Waals surface area contributed by atoms with Crippen LogP contribution in [0.25, 0.3) is 11.3 Å². The van der Waals surface area contributed by atoms with Gasteiger partial charge in [0.15, 0.2) is 11.5 Å². The highest BCUT2D eigenvalue weighted by Crippen LogP contribution is 2.34. The topological polar surface area (TPSA) is 31.4 Å². The second-order valence-electron chi connectivity index (χ2n) is 3.84. The lowest BCUT2D eigenvalue weighted by atomic mass is 10.1. The van der Waals surface area contributed by atoms with Gasteiger partial charge in [0.25, 0.3) is 0 Å². The standard InChI is InChI=1S/C13H13NO2S/c1-2-13-14-10(8-17-13)9-3-4-11-12(7-9)16-6-5-15-11/h3-4,7-8H,2,5-6H2,1H3. The molecule has 0 saturated heterocycles. The number of rotatable bonds is 2. The molecule has 0 bridgehead atoms. The number of aromatic nitrogens is 1. The maximum absolute atomic E-state index is 5.57. The van der Waals surface area contributed by atoms with E-state index >= 15 is 0 Å². The van der Waals surface area contributed by atoms with Gasteiger partial charge in [0.05, 0.1) is 10.7 Å². The number of ether oxygens (including phenoxy) is 2. The smallest absolute Gasteiger partial charge is 0.162 e. The second-order valence-corrected chi connectivity index (χ2v) is 4.78. The molecular weight excluding hydrogens is 234 g/mol. The molecule has 1 aliphatic rings. The first-order chi connectivity index (χ1) is 8.36. The number of nitrogens with zero attached hydrogens (tertiary/aromatic N) is 1. The third kappa shape index (κ3) is 2.00. The molecule has 0 aliphatic carbocycles. The summed E-state index contributed by atoms with van der Waals surface area (Å²) in [6.07, 6.45) is 0.981. The molecule has 0 amide bonds. The first-order valence-electron chi connectivity index (χ1n) is 5.71. The van der Waals surface area contributed by atoms with Crippen molar-refractivity contribution in [1.82, 2.24) is 4.98 Å². The van der Waals surface area contributed by atoms with Gasteiger partial charge in [-0.3, -0.25) is 0 Å². The van der Waals surface area contributed by atoms with E-state index < -0.39 is 0 Å². The second kappa shape index (κ2) is 4.37. The first kappa shape index (κ1) is 10.6. The Bertz CT molecular complexity index is 536. The Hall–Kier alpha value is -1.55. The molecule has 2 heterocycles. The largest absolute Gasteiger partial charge is 0.486 e. The Morgan fingerprint density at radius 1 is 1.24 bits per heavy atom. The fraction of sp³-hybridized carbons (Fsp3) is 0.308. The summed E-state index contributed by atoms with van der Waals surface area (Å²) in [7, 11) is 0. The lowest BCUT2D eigenvalue weighted by Crippen LogP contribution is -2.15. The summed E-state index contributed by atoms with van der Waals surface area (Å²) in [5.74, 6) is 1.64. The van der Waals surface area contributed by atoms with Gasteiger partial charge in [0, 0.05) is 10.9 Å². The summed E-state index contributed by atoms with van der Waals surface area (Å²) in [6.45, 7) is 3.36. The molecule has 17 heavy (non-hydrogen) atoms. The molecule has 0 fully saturated rings. The Labute approximate surface area is 104 Å². The van der Waals surface area contributed by atoms with Gasteiger partial charge in [0.2, 0.25) is 0 Å². The van der Waals surface area contributed by atoms with Crippen LogP contribution in [0, 0.1) is 0 Å². The van der Waals surface area contributed by atoms with Gasteiger partial charge in [-0.25, -0.2) is 4.98 Å². The van der Waals surface area contributed by atoms with Crippen LogP contribution in [0.1, 0.15) is 11.9 Å². The zero-order chi connectivity index (χ0) is 11.7. The van der Waals surface area contributed by atoms with Crippen molar-refractivity contribution in [2.24, 2.45) is 0 Å². The van der Waals surface area contributed by atoms with Crippen LogP contribution in [-0.2, 0) is 6.42 Å². The summed E-state index contributed by atoms with van der Waals surface area (Å²) in [6, 6.07) is 5.99. The Balaban J connectivity index is 1.97. The quantitative estimate of drug-likeness (QED) is 0.817. The normalized spacial score (nSPS) is 13.7. The maximum atomic E-state index is 5.57. The van der Waals surface area contributed by atoms with E-state index in [0.29, 0.717) is 13.2 Å². The minimum atomic E-state index is 0.619. The van der Waals surface area contributed by atoms with Gasteiger partial charge >= 0.3 is 0 Å². The van der Waals surface area contributed by atoms with E-state index in [1.54, 1.807) is 11.3 Å². The highest BCUT2D eigenvalue weighted by molar-refractivity contribution is 7.09. The highest BCUT2D eigenvalue weighted by atomic mass is 32.1. The number of benzene rings is 1. The number of aryl methyl sites for hydroxylation is 1. The van der Waals surface area contributed by atoms with Crippen LogP contribution in [-0.4, -0.2) is 18.2 Å². The maximum Gasteiger partial charge on any atom is 0.162 e. The fourth-order valence-corrected chi connectivity index (χ4v) is 2.56. The van der Waals surface area contributed by atoms with E-state index in [4.69, 9.17) is 9.47 Å². The molecule has 3 nitrogen and oxygen atoms in total. The third-order valence-corrected chi connectivity index (χ3v) is 3.69. The zero-order valence-corrected chi connectivity index (χ0v) is 10.4. The predicted molar refractivity (Wildman–Crippen MR) is 67.9 cm³/mol. The summed E-state index contributed by atoms with van der Waals surface area (Å²) in [5.41, 5.74) is 2.11. The van der Waals surface area contributed by atoms with Crippen molar-refractivity contribution in [3.8, 4) is 22.8 Å². The van der Waals surface area contributed by atoms with Crippen LogP contribution in [0.5, 0.6) is 11.5 Å². The van der Waals surface area contributed by atoms with E-state index in [9.17, 15) is 0 Å². The van der Waals surface area contributed by atoms with Gasteiger partial charge in [-0.05, 0) is 24.6 Å². The lowest BCUT2D eigenvalue weighted by Gasteiger charge is -2.18. The van der Waals surface area contributed by atoms with Gasteiger partial charge in [0.1, 0.15) is 13.2 Å². The third-order valence-electron chi connectivity index (χ3n) is 2.69. The van der Waals surface area contributed by atoms with E-state index in [2.05, 4.69) is 17.3 Å². The number of hydrogen-bond donors (Lipinski definition) is 0. The van der Waals surface area contributed by atoms with Crippen molar-refractivity contribution < 1.29 is 9.47 Å². The molecule has 88 valence electrons. The number of hydrogen-bond acceptors (Lipinski definition) is 4. The van der Waals surface area contributed by atoms with Crippen molar-refractivity contribution in [3.05, 3.63) is 28.6 Å². The molecule has 1 aromatic heterocycles. The molecule has 3 rings (SSSR count). The zero-order valence-electron chi connectivity index (χ0n) is 9.60. The highest BCUT2D eigenvalue weighted by Gasteiger charge is 2.13. The molecule has 0 N–H and O–H groups in total. The Kier molecular flexibility index (Phi) is 2.73. The molecule has 1 aliphatic heterocycles. The summed E-state index contributed by atoms with van der Waals surface area (Å²) < 4.78 is 11.1. The fourth-order valence-electron chi connectivity index (χ4n) is 1.81. The molecule has 0 saturated carbocycles. The summed E-state index contributed by atoms with van der Waals surface area (Å²) in [5, 5.41) is 3.25. The van der Waals surface area contributed by atoms with Crippen LogP contribution in [0.15, 0.2) is 23.6 Å². The van der Waals surface area contributed by atoms with Crippen molar-refractivity contribution >= 4 is 11.3 Å². The minimum Gasteiger partial charge on any atom is -0.486 e. The average Bonchev–Trinajstić information content (AvgIpc) is 2.87. The predicted octanol–water partition coefficient (Wildman–Crippen LogP) is 3.14. The van der Waals surface area contributed by atoms with Gasteiger partial charge in [-0.2, -0.15) is 0 Å². The molecular formula is C13H13NO2S. The molecule has 1 aromatic carbocycles. The SMILES string of the molecule is CCc1nc(-c2ccc3c(c2)OCCO3)cs1. The first-order valence-corrected chi connectivity index (χ1v) is 6.59. The molecule has 0 radical (unpaired) electrons. The van der Waals surface area contributed by atoms with Crippen LogP contribution >= 0.6 is 11.3 Å². The van der Waals surface area contributed by atoms with Crippen molar-refractivity contribution in [2.75, 3.05) is 13.2 Å². The van der Waals surface area contributed by atoms with Crippen LogP contribution in [0.3, 0.4) is 0 Å². The van der Waals surface area contributed by atoms with E-state index in [1.807, 2.05) is 18.2 Å². The lowest BCUT2D eigenvalue weighted by molar-refractivity contribution is 0.171. The van der Waals surface area contributed by atoms with Gasteiger partial charge < -0.3 is 9.47 Å². The summed E-state index contributed by atoms with van der Waals surface area (Å²) >= 11 is 1.70. The summed E-state index contributed by atoms with van der Waals surface area (Å²) in [4.78, 5) is 4.57. The molecule has 4 heteroatoms. The Morgan fingerprint density at radius 2 is 2.06 bits per heavy atom. The van der Waals surface area contributed by atoms with E-state index in [-0.39, 0.29) is 0 Å². The number of thiazole rings is 1. The average molecular weight is 247 g/mol. The molecule has 0 spiro atoms.